The summed E-state index contributed by atoms with van der Waals surface area (Å²) in [6.07, 6.45) is 0.386. The molecule has 1 fully saturated rings. The summed E-state index contributed by atoms with van der Waals surface area (Å²) < 4.78 is 28.2. The van der Waals surface area contributed by atoms with Gasteiger partial charge in [0.25, 0.3) is 11.6 Å². The molecule has 0 spiro atoms. The van der Waals surface area contributed by atoms with Crippen LogP contribution in [0, 0.1) is 6.92 Å². The van der Waals surface area contributed by atoms with Crippen LogP contribution in [0.4, 0.5) is 0 Å². The number of fused-ring (bicyclic) bond motifs is 1. The lowest BCUT2D eigenvalue weighted by atomic mass is 10.1. The minimum atomic E-state index is -3.09. The molecule has 1 aliphatic heterocycles. The van der Waals surface area contributed by atoms with Crippen LogP contribution in [-0.4, -0.2) is 54.5 Å². The maximum absolute atomic E-state index is 12.8. The molecule has 11 heteroatoms. The Balaban J connectivity index is 1.51. The first-order valence-electron chi connectivity index (χ1n) is 8.91. The number of nitrogens with zero attached hydrogens (tertiary/aromatic N) is 2. The number of hydrogen-bond acceptors (Lipinski definition) is 8. The van der Waals surface area contributed by atoms with Gasteiger partial charge < -0.3 is 15.2 Å². The second kappa shape index (κ2) is 7.56. The van der Waals surface area contributed by atoms with Gasteiger partial charge in [0.15, 0.2) is 9.84 Å². The number of sulfone groups is 1. The van der Waals surface area contributed by atoms with Gasteiger partial charge in [0.2, 0.25) is 5.91 Å². The van der Waals surface area contributed by atoms with E-state index >= 15 is 0 Å². The standard InChI is InChI=1S/C18H18N4O5S2/c1-10-16-12(7-13(14-3-2-5-28-14)21-18(16)27-22-10)17(24)19-8-15(23)20-11-4-6-29(25,26)9-11/h2-3,5,7,11H,4,6,8-9H2,1H3,(H,19,24)(H,20,23)/t11-/m1/s1. The van der Waals surface area contributed by atoms with Crippen molar-refractivity contribution < 1.29 is 22.5 Å². The smallest absolute Gasteiger partial charge is 0.259 e. The highest BCUT2D eigenvalue weighted by Crippen LogP contribution is 2.29. The summed E-state index contributed by atoms with van der Waals surface area (Å²) in [5, 5.41) is 11.5. The van der Waals surface area contributed by atoms with Crippen LogP contribution in [0.5, 0.6) is 0 Å². The van der Waals surface area contributed by atoms with E-state index < -0.39 is 27.7 Å². The lowest BCUT2D eigenvalue weighted by Gasteiger charge is -2.12. The number of rotatable bonds is 5. The molecule has 4 heterocycles. The first kappa shape index (κ1) is 19.5. The molecule has 0 aromatic carbocycles. The van der Waals surface area contributed by atoms with Crippen molar-refractivity contribution in [1.29, 1.82) is 0 Å². The Bertz CT molecular complexity index is 1180. The minimum absolute atomic E-state index is 0.0670. The third-order valence-corrected chi connectivity index (χ3v) is 7.30. The maximum Gasteiger partial charge on any atom is 0.259 e. The highest BCUT2D eigenvalue weighted by Gasteiger charge is 2.29. The van der Waals surface area contributed by atoms with E-state index in [-0.39, 0.29) is 23.8 Å². The second-order valence-corrected chi connectivity index (χ2v) is 10.0. The summed E-state index contributed by atoms with van der Waals surface area (Å²) >= 11 is 1.48. The number of aromatic nitrogens is 2. The van der Waals surface area contributed by atoms with Crippen molar-refractivity contribution >= 4 is 44.1 Å². The number of carbonyl (C=O) groups is 2. The monoisotopic (exact) mass is 434 g/mol. The number of aryl methyl sites for hydroxylation is 1. The molecule has 1 saturated heterocycles. The average Bonchev–Trinajstić information content (AvgIpc) is 3.40. The zero-order chi connectivity index (χ0) is 20.6. The Hall–Kier alpha value is -2.79. The van der Waals surface area contributed by atoms with Crippen molar-refractivity contribution in [2.75, 3.05) is 18.1 Å². The van der Waals surface area contributed by atoms with Crippen LogP contribution < -0.4 is 10.6 Å². The molecule has 3 aromatic rings. The van der Waals surface area contributed by atoms with Crippen LogP contribution in [0.25, 0.3) is 21.7 Å². The van der Waals surface area contributed by atoms with Gasteiger partial charge in [-0.1, -0.05) is 11.2 Å². The molecule has 1 aliphatic rings. The summed E-state index contributed by atoms with van der Waals surface area (Å²) in [5.74, 6) is -0.902. The molecule has 9 nitrogen and oxygen atoms in total. The second-order valence-electron chi connectivity index (χ2n) is 6.83. The molecule has 0 radical (unpaired) electrons. The fraction of sp³-hybridized carbons (Fsp3) is 0.333. The molecule has 29 heavy (non-hydrogen) atoms. The largest absolute Gasteiger partial charge is 0.351 e. The molecule has 152 valence electrons. The summed E-state index contributed by atoms with van der Waals surface area (Å²) in [7, 11) is -3.09. The number of thiophene rings is 1. The van der Waals surface area contributed by atoms with Crippen molar-refractivity contribution in [3.63, 3.8) is 0 Å². The van der Waals surface area contributed by atoms with Gasteiger partial charge >= 0.3 is 0 Å². The molecule has 0 saturated carbocycles. The van der Waals surface area contributed by atoms with Crippen LogP contribution in [0.1, 0.15) is 22.5 Å². The molecule has 0 bridgehead atoms. The molecule has 1 atom stereocenters. The quantitative estimate of drug-likeness (QED) is 0.618. The molecule has 4 rings (SSSR count). The van der Waals surface area contributed by atoms with Crippen molar-refractivity contribution in [1.82, 2.24) is 20.8 Å². The normalized spacial score (nSPS) is 18.0. The van der Waals surface area contributed by atoms with Gasteiger partial charge in [-0.2, -0.15) is 0 Å². The molecular weight excluding hydrogens is 416 g/mol. The van der Waals surface area contributed by atoms with E-state index in [9.17, 15) is 18.0 Å². The molecule has 2 amide bonds. The van der Waals surface area contributed by atoms with Crippen LogP contribution in [0.3, 0.4) is 0 Å². The van der Waals surface area contributed by atoms with Crippen molar-refractivity contribution in [2.45, 2.75) is 19.4 Å². The predicted molar refractivity (Wildman–Crippen MR) is 107 cm³/mol. The zero-order valence-corrected chi connectivity index (χ0v) is 17.1. The first-order chi connectivity index (χ1) is 13.8. The van der Waals surface area contributed by atoms with E-state index in [1.54, 1.807) is 13.0 Å². The van der Waals surface area contributed by atoms with Crippen LogP contribution in [0.15, 0.2) is 28.1 Å². The van der Waals surface area contributed by atoms with Gasteiger partial charge in [0.05, 0.1) is 45.3 Å². The fourth-order valence-electron chi connectivity index (χ4n) is 3.27. The zero-order valence-electron chi connectivity index (χ0n) is 15.5. The summed E-state index contributed by atoms with van der Waals surface area (Å²) in [6.45, 7) is 1.44. The van der Waals surface area contributed by atoms with E-state index in [4.69, 9.17) is 4.52 Å². The minimum Gasteiger partial charge on any atom is -0.351 e. The van der Waals surface area contributed by atoms with E-state index in [1.807, 2.05) is 17.5 Å². The van der Waals surface area contributed by atoms with Crippen LogP contribution >= 0.6 is 11.3 Å². The van der Waals surface area contributed by atoms with Gasteiger partial charge in [-0.25, -0.2) is 13.4 Å². The van der Waals surface area contributed by atoms with Crippen molar-refractivity contribution in [3.8, 4) is 10.6 Å². The van der Waals surface area contributed by atoms with E-state index in [2.05, 4.69) is 20.8 Å². The van der Waals surface area contributed by atoms with Crippen molar-refractivity contribution in [2.24, 2.45) is 0 Å². The number of carbonyl (C=O) groups excluding carboxylic acids is 2. The molecular formula is C18H18N4O5S2. The topological polar surface area (TPSA) is 131 Å². The van der Waals surface area contributed by atoms with E-state index in [0.29, 0.717) is 28.8 Å². The summed E-state index contributed by atoms with van der Waals surface area (Å²) in [5.41, 5.74) is 1.66. The Morgan fingerprint density at radius 3 is 2.90 bits per heavy atom. The summed E-state index contributed by atoms with van der Waals surface area (Å²) in [4.78, 5) is 30.2. The third kappa shape index (κ3) is 4.15. The van der Waals surface area contributed by atoms with Crippen LogP contribution in [-0.2, 0) is 14.6 Å². The average molecular weight is 434 g/mol. The van der Waals surface area contributed by atoms with Gasteiger partial charge in [-0.05, 0) is 30.9 Å². The fourth-order valence-corrected chi connectivity index (χ4v) is 5.63. The lowest BCUT2D eigenvalue weighted by Crippen LogP contribution is -2.42. The van der Waals surface area contributed by atoms with Gasteiger partial charge in [0.1, 0.15) is 0 Å². The molecule has 2 N–H and O–H groups in total. The molecule has 3 aromatic heterocycles. The van der Waals surface area contributed by atoms with Gasteiger partial charge in [0, 0.05) is 6.04 Å². The van der Waals surface area contributed by atoms with Crippen LogP contribution in [0.2, 0.25) is 0 Å². The predicted octanol–water partition coefficient (Wildman–Crippen LogP) is 1.29. The first-order valence-corrected chi connectivity index (χ1v) is 11.6. The number of hydrogen-bond donors (Lipinski definition) is 2. The highest BCUT2D eigenvalue weighted by molar-refractivity contribution is 7.91. The summed E-state index contributed by atoms with van der Waals surface area (Å²) in [6, 6.07) is 5.00. The highest BCUT2D eigenvalue weighted by atomic mass is 32.2. The number of pyridine rings is 1. The third-order valence-electron chi connectivity index (χ3n) is 4.64. The van der Waals surface area contributed by atoms with Gasteiger partial charge in [-0.3, -0.25) is 9.59 Å². The number of nitrogens with one attached hydrogen (secondary N) is 2. The number of amides is 2. The Labute approximate surface area is 170 Å². The van der Waals surface area contributed by atoms with E-state index in [1.165, 1.54) is 11.3 Å². The maximum atomic E-state index is 12.8. The Morgan fingerprint density at radius 1 is 1.38 bits per heavy atom. The Morgan fingerprint density at radius 2 is 2.21 bits per heavy atom. The molecule has 0 aliphatic carbocycles. The van der Waals surface area contributed by atoms with Gasteiger partial charge in [-0.15, -0.1) is 11.3 Å². The van der Waals surface area contributed by atoms with Crippen molar-refractivity contribution in [3.05, 3.63) is 34.8 Å². The lowest BCUT2D eigenvalue weighted by molar-refractivity contribution is -0.120. The van der Waals surface area contributed by atoms with E-state index in [0.717, 1.165) is 4.88 Å². The SMILES string of the molecule is Cc1noc2nc(-c3cccs3)cc(C(=O)NCC(=O)N[C@@H]3CCS(=O)(=O)C3)c12. The Kier molecular flexibility index (Phi) is 5.09. The molecule has 0 unspecified atom stereocenters.